The van der Waals surface area contributed by atoms with Gasteiger partial charge in [-0.2, -0.15) is 0 Å². The molecule has 0 saturated heterocycles. The van der Waals surface area contributed by atoms with Gasteiger partial charge in [-0.15, -0.1) is 0 Å². The first kappa shape index (κ1) is 17.1. The number of fused-ring (bicyclic) bond motifs is 1. The molecule has 136 valence electrons. The van der Waals surface area contributed by atoms with Crippen LogP contribution >= 0.6 is 11.6 Å². The fraction of sp³-hybridized carbons (Fsp3) is 0.105. The van der Waals surface area contributed by atoms with Crippen LogP contribution in [0.15, 0.2) is 48.7 Å². The number of hydrogen-bond acceptors (Lipinski definition) is 6. The zero-order chi connectivity index (χ0) is 18.8. The Hall–Kier alpha value is -3.32. The Morgan fingerprint density at radius 1 is 1.11 bits per heavy atom. The summed E-state index contributed by atoms with van der Waals surface area (Å²) in [6, 6.07) is 12.2. The highest BCUT2D eigenvalue weighted by atomic mass is 35.5. The molecule has 0 fully saturated rings. The van der Waals surface area contributed by atoms with E-state index in [9.17, 15) is 4.79 Å². The Balaban J connectivity index is 1.50. The minimum atomic E-state index is -0.354. The third-order valence-corrected chi connectivity index (χ3v) is 4.19. The number of carbonyl (C=O) groups is 1. The molecule has 27 heavy (non-hydrogen) atoms. The Kier molecular flexibility index (Phi) is 4.52. The molecule has 1 aliphatic rings. The van der Waals surface area contributed by atoms with Crippen LogP contribution in [0, 0.1) is 6.92 Å². The molecule has 0 atom stereocenters. The number of anilines is 3. The van der Waals surface area contributed by atoms with E-state index in [4.69, 9.17) is 21.1 Å². The lowest BCUT2D eigenvalue weighted by Gasteiger charge is -2.10. The third kappa shape index (κ3) is 3.78. The quantitative estimate of drug-likeness (QED) is 0.704. The molecule has 0 radical (unpaired) electrons. The molecular formula is C19H15ClN4O3. The van der Waals surface area contributed by atoms with Crippen LogP contribution in [0.25, 0.3) is 0 Å². The van der Waals surface area contributed by atoms with Crippen molar-refractivity contribution in [3.05, 3.63) is 64.9 Å². The Labute approximate surface area is 160 Å². The molecule has 7 nitrogen and oxygen atoms in total. The van der Waals surface area contributed by atoms with Crippen molar-refractivity contribution < 1.29 is 14.3 Å². The molecule has 2 N–H and O–H groups in total. The van der Waals surface area contributed by atoms with E-state index in [1.807, 2.05) is 19.1 Å². The van der Waals surface area contributed by atoms with Crippen LogP contribution in [0.4, 0.5) is 17.3 Å². The number of nitrogens with zero attached hydrogens (tertiary/aromatic N) is 2. The molecule has 2 aromatic carbocycles. The first-order valence-electron chi connectivity index (χ1n) is 8.16. The van der Waals surface area contributed by atoms with Crippen LogP contribution in [0.1, 0.15) is 16.1 Å². The summed E-state index contributed by atoms with van der Waals surface area (Å²) in [4.78, 5) is 21.0. The maximum Gasteiger partial charge on any atom is 0.274 e. The minimum absolute atomic E-state index is 0.178. The van der Waals surface area contributed by atoms with Crippen LogP contribution in [0.5, 0.6) is 11.5 Å². The fourth-order valence-electron chi connectivity index (χ4n) is 2.60. The van der Waals surface area contributed by atoms with Crippen LogP contribution in [0.3, 0.4) is 0 Å². The van der Waals surface area contributed by atoms with Gasteiger partial charge in [-0.3, -0.25) is 4.79 Å². The number of carbonyl (C=O) groups excluding carboxylic acids is 1. The van der Waals surface area contributed by atoms with E-state index >= 15 is 0 Å². The lowest BCUT2D eigenvalue weighted by Crippen LogP contribution is -2.14. The molecule has 4 rings (SSSR count). The zero-order valence-corrected chi connectivity index (χ0v) is 15.1. The van der Waals surface area contributed by atoms with Crippen molar-refractivity contribution in [3.8, 4) is 11.5 Å². The summed E-state index contributed by atoms with van der Waals surface area (Å²) in [5.74, 6) is 1.21. The lowest BCUT2D eigenvalue weighted by atomic mass is 10.2. The number of ether oxygens (including phenoxy) is 2. The van der Waals surface area contributed by atoms with Crippen LogP contribution in [-0.4, -0.2) is 22.7 Å². The smallest absolute Gasteiger partial charge is 0.274 e. The van der Waals surface area contributed by atoms with E-state index < -0.39 is 0 Å². The monoisotopic (exact) mass is 382 g/mol. The number of aryl methyl sites for hydroxylation is 1. The highest BCUT2D eigenvalue weighted by Crippen LogP contribution is 2.34. The van der Waals surface area contributed by atoms with E-state index in [-0.39, 0.29) is 18.4 Å². The van der Waals surface area contributed by atoms with E-state index in [1.54, 1.807) is 30.3 Å². The van der Waals surface area contributed by atoms with Crippen molar-refractivity contribution in [2.45, 2.75) is 6.92 Å². The molecular weight excluding hydrogens is 368 g/mol. The first-order chi connectivity index (χ1) is 13.1. The number of aromatic nitrogens is 2. The van der Waals surface area contributed by atoms with Gasteiger partial charge in [0.1, 0.15) is 5.69 Å². The zero-order valence-electron chi connectivity index (χ0n) is 14.3. The maximum absolute atomic E-state index is 12.5. The van der Waals surface area contributed by atoms with Gasteiger partial charge in [-0.25, -0.2) is 9.97 Å². The number of benzene rings is 2. The van der Waals surface area contributed by atoms with Gasteiger partial charge < -0.3 is 20.1 Å². The second kappa shape index (κ2) is 7.13. The van der Waals surface area contributed by atoms with Crippen molar-refractivity contribution in [1.82, 2.24) is 9.97 Å². The van der Waals surface area contributed by atoms with Crippen molar-refractivity contribution >= 4 is 34.8 Å². The SMILES string of the molecule is Cc1cc(Cl)ccc1Nc1nccc(C(=O)Nc2ccc3c(c2)OCO3)n1. The summed E-state index contributed by atoms with van der Waals surface area (Å²) >= 11 is 5.97. The van der Waals surface area contributed by atoms with Gasteiger partial charge in [0.05, 0.1) is 0 Å². The predicted molar refractivity (Wildman–Crippen MR) is 102 cm³/mol. The second-order valence-corrected chi connectivity index (χ2v) is 6.31. The summed E-state index contributed by atoms with van der Waals surface area (Å²) in [7, 11) is 0. The average molecular weight is 383 g/mol. The van der Waals surface area contributed by atoms with E-state index in [1.165, 1.54) is 6.20 Å². The van der Waals surface area contributed by atoms with Gasteiger partial charge in [0.15, 0.2) is 11.5 Å². The lowest BCUT2D eigenvalue weighted by molar-refractivity contribution is 0.102. The highest BCUT2D eigenvalue weighted by molar-refractivity contribution is 6.30. The van der Waals surface area contributed by atoms with Crippen LogP contribution in [0.2, 0.25) is 5.02 Å². The van der Waals surface area contributed by atoms with Crippen molar-refractivity contribution in [3.63, 3.8) is 0 Å². The van der Waals surface area contributed by atoms with Gasteiger partial charge in [0.2, 0.25) is 12.7 Å². The Morgan fingerprint density at radius 3 is 2.81 bits per heavy atom. The predicted octanol–water partition coefficient (Wildman–Crippen LogP) is 4.16. The Bertz CT molecular complexity index is 1030. The molecule has 0 bridgehead atoms. The molecule has 0 unspecified atom stereocenters. The van der Waals surface area contributed by atoms with Gasteiger partial charge in [-0.1, -0.05) is 11.6 Å². The summed E-state index contributed by atoms with van der Waals surface area (Å²) < 4.78 is 10.6. The second-order valence-electron chi connectivity index (χ2n) is 5.87. The van der Waals surface area contributed by atoms with E-state index in [2.05, 4.69) is 20.6 Å². The van der Waals surface area contributed by atoms with Crippen LogP contribution < -0.4 is 20.1 Å². The highest BCUT2D eigenvalue weighted by Gasteiger charge is 2.15. The molecule has 1 amide bonds. The summed E-state index contributed by atoms with van der Waals surface area (Å²) in [6.45, 7) is 2.10. The summed E-state index contributed by atoms with van der Waals surface area (Å²) in [6.07, 6.45) is 1.52. The molecule has 0 saturated carbocycles. The molecule has 3 aromatic rings. The first-order valence-corrected chi connectivity index (χ1v) is 8.53. The van der Waals surface area contributed by atoms with E-state index in [0.29, 0.717) is 28.2 Å². The number of amides is 1. The van der Waals surface area contributed by atoms with Crippen LogP contribution in [-0.2, 0) is 0 Å². The largest absolute Gasteiger partial charge is 0.454 e. The fourth-order valence-corrected chi connectivity index (χ4v) is 2.83. The maximum atomic E-state index is 12.5. The van der Waals surface area contributed by atoms with Crippen molar-refractivity contribution in [1.29, 1.82) is 0 Å². The van der Waals surface area contributed by atoms with Gasteiger partial charge in [0.25, 0.3) is 5.91 Å². The van der Waals surface area contributed by atoms with E-state index in [0.717, 1.165) is 11.3 Å². The van der Waals surface area contributed by atoms with Gasteiger partial charge in [-0.05, 0) is 48.9 Å². The molecule has 1 aromatic heterocycles. The molecule has 0 aliphatic carbocycles. The van der Waals surface area contributed by atoms with Gasteiger partial charge in [0, 0.05) is 28.7 Å². The molecule has 8 heteroatoms. The summed E-state index contributed by atoms with van der Waals surface area (Å²) in [5, 5.41) is 6.53. The third-order valence-electron chi connectivity index (χ3n) is 3.95. The molecule has 1 aliphatic heterocycles. The summed E-state index contributed by atoms with van der Waals surface area (Å²) in [5.41, 5.74) is 2.58. The minimum Gasteiger partial charge on any atom is -0.454 e. The Morgan fingerprint density at radius 2 is 1.96 bits per heavy atom. The van der Waals surface area contributed by atoms with Crippen molar-refractivity contribution in [2.75, 3.05) is 17.4 Å². The normalized spacial score (nSPS) is 11.9. The number of halogens is 1. The molecule has 0 spiro atoms. The topological polar surface area (TPSA) is 85.4 Å². The van der Waals surface area contributed by atoms with Crippen molar-refractivity contribution in [2.24, 2.45) is 0 Å². The number of hydrogen-bond donors (Lipinski definition) is 2. The molecule has 2 heterocycles. The number of nitrogens with one attached hydrogen (secondary N) is 2. The average Bonchev–Trinajstić information content (AvgIpc) is 3.12. The van der Waals surface area contributed by atoms with Gasteiger partial charge >= 0.3 is 0 Å². The standard InChI is InChI=1S/C19H15ClN4O3/c1-11-8-12(20)2-4-14(11)23-19-21-7-6-15(24-19)18(25)22-13-3-5-16-17(9-13)27-10-26-16/h2-9H,10H2,1H3,(H,22,25)(H,21,23,24). The number of rotatable bonds is 4.